The van der Waals surface area contributed by atoms with Crippen LogP contribution in [0, 0.1) is 17.6 Å². The van der Waals surface area contributed by atoms with Gasteiger partial charge in [0.25, 0.3) is 17.9 Å². The van der Waals surface area contributed by atoms with E-state index in [0.717, 1.165) is 24.3 Å². The van der Waals surface area contributed by atoms with Gasteiger partial charge in [-0.25, -0.2) is 27.5 Å². The van der Waals surface area contributed by atoms with Crippen LogP contribution in [-0.4, -0.2) is 30.6 Å². The zero-order chi connectivity index (χ0) is 35.0. The summed E-state index contributed by atoms with van der Waals surface area (Å²) in [5, 5.41) is 6.08. The number of pyridine rings is 1. The van der Waals surface area contributed by atoms with Gasteiger partial charge in [-0.05, 0) is 54.3 Å². The van der Waals surface area contributed by atoms with Crippen LogP contribution in [0.25, 0.3) is 22.2 Å². The van der Waals surface area contributed by atoms with E-state index >= 15 is 8.78 Å². The van der Waals surface area contributed by atoms with Gasteiger partial charge in [0.2, 0.25) is 5.91 Å². The normalized spacial score (nSPS) is 18.4. The molecule has 2 aliphatic rings. The van der Waals surface area contributed by atoms with Crippen molar-refractivity contribution in [2.24, 2.45) is 5.92 Å². The molecule has 3 atom stereocenters. The zero-order valence-corrected chi connectivity index (χ0v) is 24.6. The second-order valence-corrected chi connectivity index (χ2v) is 11.9. The van der Waals surface area contributed by atoms with Gasteiger partial charge >= 0.3 is 6.18 Å². The number of H-pyrrole nitrogens is 1. The summed E-state index contributed by atoms with van der Waals surface area (Å²) in [7, 11) is 0. The molecule has 2 N–H and O–H groups in total. The second kappa shape index (κ2) is 11.4. The molecule has 3 heterocycles. The Hall–Kier alpha value is -5.22. The van der Waals surface area contributed by atoms with Crippen LogP contribution < -0.4 is 10.9 Å². The van der Waals surface area contributed by atoms with Crippen molar-refractivity contribution in [1.29, 1.82) is 0 Å². The summed E-state index contributed by atoms with van der Waals surface area (Å²) < 4.78 is 126. The third kappa shape index (κ3) is 5.90. The summed E-state index contributed by atoms with van der Waals surface area (Å²) in [4.78, 5) is 36.9. The molecule has 0 saturated heterocycles. The molecular weight excluding hydrogens is 671 g/mol. The fraction of sp³-hybridized carbons (Fsp3) is 0.281. The van der Waals surface area contributed by atoms with Gasteiger partial charge in [0.05, 0.1) is 22.6 Å². The Balaban J connectivity index is 1.25. The third-order valence-corrected chi connectivity index (χ3v) is 8.55. The Bertz CT molecular complexity index is 2180. The predicted octanol–water partition coefficient (Wildman–Crippen LogP) is 6.73. The molecule has 1 amide bonds. The van der Waals surface area contributed by atoms with E-state index in [1.54, 1.807) is 0 Å². The van der Waals surface area contributed by atoms with Crippen molar-refractivity contribution in [3.05, 3.63) is 111 Å². The molecule has 0 radical (unpaired) electrons. The minimum absolute atomic E-state index is 0.00576. The van der Waals surface area contributed by atoms with Crippen molar-refractivity contribution >= 4 is 16.8 Å². The lowest BCUT2D eigenvalue weighted by molar-refractivity contribution is -0.141. The SMILES string of the molecule is O=C(Cn1nc(C(F)F)c2c1C(F)(F)[C@@H]1C[C@H]21)N[C@@H](Cc1cc(F)cc(F)c1)c1nc2cc(-c3cccc(C(F)(F)F)n3)ccc2c(=O)[nH]1. The number of nitrogens with one attached hydrogen (secondary N) is 2. The average molecular weight is 693 g/mol. The minimum Gasteiger partial charge on any atom is -0.344 e. The lowest BCUT2D eigenvalue weighted by atomic mass is 10.0. The van der Waals surface area contributed by atoms with Crippen LogP contribution in [-0.2, 0) is 29.9 Å². The molecule has 49 heavy (non-hydrogen) atoms. The highest BCUT2D eigenvalue weighted by molar-refractivity contribution is 5.83. The maximum Gasteiger partial charge on any atom is 0.433 e. The standard InChI is InChI=1S/C32H21F9N6O2/c33-15-6-13(7-16(34)10-15)8-22(43-24(48)12-47-27-25(26(46-47)28(35)36)18-11-19(18)31(27,37)38)29-44-21-9-14(4-5-17(21)30(49)45-29)20-2-1-3-23(42-20)32(39,40)41/h1-7,9-10,18-19,22,28H,8,11-12H2,(H,43,48)(H,44,45,49)/t18-,19+,22-/m0/s1. The molecule has 254 valence electrons. The monoisotopic (exact) mass is 692 g/mol. The van der Waals surface area contributed by atoms with E-state index in [0.29, 0.717) is 10.7 Å². The molecule has 0 bridgehead atoms. The Kier molecular flexibility index (Phi) is 7.55. The first-order chi connectivity index (χ1) is 23.1. The second-order valence-electron chi connectivity index (χ2n) is 11.9. The zero-order valence-electron chi connectivity index (χ0n) is 24.6. The summed E-state index contributed by atoms with van der Waals surface area (Å²) in [6, 6.07) is 8.27. The van der Waals surface area contributed by atoms with E-state index in [-0.39, 0.29) is 45.5 Å². The highest BCUT2D eigenvalue weighted by Gasteiger charge is 2.67. The number of halogens is 9. The number of carbonyl (C=O) groups excluding carboxylic acids is 1. The van der Waals surface area contributed by atoms with Gasteiger partial charge in [-0.3, -0.25) is 14.3 Å². The molecule has 5 aromatic rings. The molecule has 0 unspecified atom stereocenters. The van der Waals surface area contributed by atoms with Gasteiger partial charge in [0.1, 0.15) is 41.1 Å². The lowest BCUT2D eigenvalue weighted by Crippen LogP contribution is -2.36. The topological polar surface area (TPSA) is 106 Å². The first kappa shape index (κ1) is 32.3. The molecule has 2 aliphatic carbocycles. The number of rotatable bonds is 8. The van der Waals surface area contributed by atoms with Crippen LogP contribution in [0.2, 0.25) is 0 Å². The number of alkyl halides is 7. The Morgan fingerprint density at radius 2 is 1.78 bits per heavy atom. The molecule has 17 heteroatoms. The molecular formula is C32H21F9N6O2. The first-order valence-corrected chi connectivity index (χ1v) is 14.7. The van der Waals surface area contributed by atoms with E-state index in [1.165, 1.54) is 24.3 Å². The van der Waals surface area contributed by atoms with E-state index in [9.17, 15) is 40.3 Å². The van der Waals surface area contributed by atoms with Crippen LogP contribution >= 0.6 is 0 Å². The number of hydrogen-bond donors (Lipinski definition) is 2. The lowest BCUT2D eigenvalue weighted by Gasteiger charge is -2.20. The van der Waals surface area contributed by atoms with Gasteiger partial charge in [-0.1, -0.05) is 12.1 Å². The molecule has 3 aromatic heterocycles. The maximum atomic E-state index is 15.1. The predicted molar refractivity (Wildman–Crippen MR) is 153 cm³/mol. The summed E-state index contributed by atoms with van der Waals surface area (Å²) >= 11 is 0. The van der Waals surface area contributed by atoms with Gasteiger partial charge in [0, 0.05) is 29.5 Å². The van der Waals surface area contributed by atoms with Crippen LogP contribution in [0.3, 0.4) is 0 Å². The van der Waals surface area contributed by atoms with E-state index in [1.807, 2.05) is 0 Å². The number of benzene rings is 2. The number of amides is 1. The van der Waals surface area contributed by atoms with Crippen molar-refractivity contribution in [3.8, 4) is 11.3 Å². The highest BCUT2D eigenvalue weighted by Crippen LogP contribution is 2.68. The molecule has 1 saturated carbocycles. The fourth-order valence-corrected chi connectivity index (χ4v) is 6.37. The minimum atomic E-state index is -4.73. The molecule has 2 aromatic carbocycles. The Labute approximate surface area is 269 Å². The van der Waals surface area contributed by atoms with Gasteiger partial charge in [-0.2, -0.15) is 27.1 Å². The number of fused-ring (bicyclic) bond motifs is 4. The molecule has 0 spiro atoms. The Morgan fingerprint density at radius 3 is 2.47 bits per heavy atom. The molecule has 8 nitrogen and oxygen atoms in total. The van der Waals surface area contributed by atoms with E-state index in [4.69, 9.17) is 0 Å². The van der Waals surface area contributed by atoms with Crippen molar-refractivity contribution in [2.75, 3.05) is 0 Å². The van der Waals surface area contributed by atoms with Gasteiger partial charge in [-0.15, -0.1) is 0 Å². The number of aromatic amines is 1. The van der Waals surface area contributed by atoms with Crippen molar-refractivity contribution in [2.45, 2.75) is 49.9 Å². The summed E-state index contributed by atoms with van der Waals surface area (Å²) in [6.45, 7) is -0.943. The van der Waals surface area contributed by atoms with Crippen LogP contribution in [0.4, 0.5) is 39.5 Å². The number of nitrogens with zero attached hydrogens (tertiary/aromatic N) is 4. The smallest absolute Gasteiger partial charge is 0.344 e. The molecule has 7 rings (SSSR count). The van der Waals surface area contributed by atoms with E-state index in [2.05, 4.69) is 25.4 Å². The summed E-state index contributed by atoms with van der Waals surface area (Å²) in [5.74, 6) is -8.72. The summed E-state index contributed by atoms with van der Waals surface area (Å²) in [6.07, 6.45) is -8.29. The number of carbonyl (C=O) groups is 1. The van der Waals surface area contributed by atoms with Crippen LogP contribution in [0.5, 0.6) is 0 Å². The van der Waals surface area contributed by atoms with Crippen molar-refractivity contribution in [3.63, 3.8) is 0 Å². The third-order valence-electron chi connectivity index (χ3n) is 8.55. The van der Waals surface area contributed by atoms with Crippen LogP contribution in [0.15, 0.2) is 59.4 Å². The quantitative estimate of drug-likeness (QED) is 0.176. The maximum absolute atomic E-state index is 15.1. The Morgan fingerprint density at radius 1 is 1.04 bits per heavy atom. The van der Waals surface area contributed by atoms with Crippen LogP contribution in [0.1, 0.15) is 58.8 Å². The van der Waals surface area contributed by atoms with E-state index < -0.39 is 89.6 Å². The van der Waals surface area contributed by atoms with Gasteiger partial charge in [0.15, 0.2) is 0 Å². The average Bonchev–Trinajstić information content (AvgIpc) is 3.68. The fourth-order valence-electron chi connectivity index (χ4n) is 6.37. The largest absolute Gasteiger partial charge is 0.433 e. The number of hydrogen-bond acceptors (Lipinski definition) is 5. The first-order valence-electron chi connectivity index (χ1n) is 14.7. The molecule has 0 aliphatic heterocycles. The van der Waals surface area contributed by atoms with Gasteiger partial charge < -0.3 is 10.3 Å². The molecule has 1 fully saturated rings. The summed E-state index contributed by atoms with van der Waals surface area (Å²) in [5.41, 5.74) is -3.82. The number of aromatic nitrogens is 5. The highest BCUT2D eigenvalue weighted by atomic mass is 19.4. The van der Waals surface area contributed by atoms with Crippen molar-refractivity contribution < 1.29 is 44.3 Å². The van der Waals surface area contributed by atoms with Crippen molar-refractivity contribution in [1.82, 2.24) is 30.0 Å².